The van der Waals surface area contributed by atoms with Gasteiger partial charge < -0.3 is 10.1 Å². The Balaban J connectivity index is 1.65. The van der Waals surface area contributed by atoms with Gasteiger partial charge >= 0.3 is 5.97 Å². The van der Waals surface area contributed by atoms with E-state index in [0.717, 1.165) is 34.4 Å². The van der Waals surface area contributed by atoms with Gasteiger partial charge in [-0.3, -0.25) is 10.1 Å². The molecule has 0 saturated carbocycles. The lowest BCUT2D eigenvalue weighted by Gasteiger charge is -2.34. The fourth-order valence-corrected chi connectivity index (χ4v) is 4.75. The summed E-state index contributed by atoms with van der Waals surface area (Å²) in [6.45, 7) is 4.04. The van der Waals surface area contributed by atoms with E-state index in [-0.39, 0.29) is 17.3 Å². The Morgan fingerprint density at radius 3 is 2.50 bits per heavy atom. The van der Waals surface area contributed by atoms with Crippen LogP contribution in [0.15, 0.2) is 53.1 Å². The largest absolute Gasteiger partial charge is 0.456 e. The van der Waals surface area contributed by atoms with Crippen molar-refractivity contribution in [1.82, 2.24) is 9.97 Å². The summed E-state index contributed by atoms with van der Waals surface area (Å²) in [5.74, 6) is 0.165. The van der Waals surface area contributed by atoms with Crippen LogP contribution in [0.1, 0.15) is 59.2 Å². The molecular weight excluding hydrogens is 500 g/mol. The number of nitrogens with zero attached hydrogens (tertiary/aromatic N) is 3. The topological polar surface area (TPSA) is 107 Å². The minimum Gasteiger partial charge on any atom is -0.456 e. The van der Waals surface area contributed by atoms with Crippen molar-refractivity contribution in [3.8, 4) is 0 Å². The fourth-order valence-electron chi connectivity index (χ4n) is 4.17. The summed E-state index contributed by atoms with van der Waals surface area (Å²) in [5.41, 5.74) is 4.13. The van der Waals surface area contributed by atoms with Gasteiger partial charge in [0.25, 0.3) is 5.69 Å². The van der Waals surface area contributed by atoms with Crippen LogP contribution in [0.2, 0.25) is 0 Å². The molecule has 8 nitrogen and oxygen atoms in total. The molecule has 1 aliphatic rings. The number of nitro benzene ring substituents is 1. The number of nitro groups is 1. The third-order valence-electron chi connectivity index (χ3n) is 5.99. The number of hydrogen-bond acceptors (Lipinski definition) is 7. The summed E-state index contributed by atoms with van der Waals surface area (Å²) < 4.78 is 6.68. The maximum Gasteiger partial charge on any atom is 0.338 e. The summed E-state index contributed by atoms with van der Waals surface area (Å²) in [6.07, 6.45) is 2.39. The van der Waals surface area contributed by atoms with Gasteiger partial charge in [-0.05, 0) is 64.9 Å². The Bertz CT molecular complexity index is 1220. The Morgan fingerprint density at radius 2 is 1.82 bits per heavy atom. The zero-order valence-corrected chi connectivity index (χ0v) is 20.5. The van der Waals surface area contributed by atoms with Crippen LogP contribution in [0.25, 0.3) is 0 Å². The second-order valence-corrected chi connectivity index (χ2v) is 8.82. The molecule has 4 rings (SSSR count). The van der Waals surface area contributed by atoms with Crippen LogP contribution < -0.4 is 5.32 Å². The molecule has 1 N–H and O–H groups in total. The minimum absolute atomic E-state index is 0.0738. The van der Waals surface area contributed by atoms with Gasteiger partial charge in [-0.25, -0.2) is 14.8 Å². The van der Waals surface area contributed by atoms with E-state index in [1.165, 1.54) is 29.8 Å². The average molecular weight is 525 g/mol. The molecule has 3 aromatic rings. The second kappa shape index (κ2) is 10.3. The van der Waals surface area contributed by atoms with E-state index in [4.69, 9.17) is 9.72 Å². The number of benzene rings is 2. The van der Waals surface area contributed by atoms with E-state index >= 15 is 0 Å². The fraction of sp³-hybridized carbons (Fsp3) is 0.320. The molecule has 176 valence electrons. The molecule has 0 amide bonds. The van der Waals surface area contributed by atoms with Gasteiger partial charge in [0.2, 0.25) is 0 Å². The molecule has 2 atom stereocenters. The number of carbonyl (C=O) groups excluding carboxylic acids is 1. The molecule has 34 heavy (non-hydrogen) atoms. The first-order valence-corrected chi connectivity index (χ1v) is 12.1. The number of non-ortho nitro benzene ring substituents is 1. The Hall–Kier alpha value is -3.33. The van der Waals surface area contributed by atoms with Crippen molar-refractivity contribution in [3.05, 3.63) is 91.3 Å². The number of fused-ring (bicyclic) bond motifs is 1. The lowest BCUT2D eigenvalue weighted by molar-refractivity contribution is -0.384. The summed E-state index contributed by atoms with van der Waals surface area (Å²) in [4.78, 5) is 32.8. The predicted octanol–water partition coefficient (Wildman–Crippen LogP) is 5.60. The first kappa shape index (κ1) is 23.8. The van der Waals surface area contributed by atoms with Crippen LogP contribution in [0.3, 0.4) is 0 Å². The molecule has 0 spiro atoms. The molecule has 0 saturated heterocycles. The first-order valence-electron chi connectivity index (χ1n) is 11.3. The highest BCUT2D eigenvalue weighted by Crippen LogP contribution is 2.36. The van der Waals surface area contributed by atoms with E-state index in [1.54, 1.807) is 0 Å². The van der Waals surface area contributed by atoms with Crippen LogP contribution >= 0.6 is 15.9 Å². The summed E-state index contributed by atoms with van der Waals surface area (Å²) in [5, 5.41) is 14.4. The molecule has 2 aromatic carbocycles. The number of carbonyl (C=O) groups is 1. The van der Waals surface area contributed by atoms with Gasteiger partial charge in [0.15, 0.2) is 0 Å². The SMILES string of the molecule is CCc1nc(N[C@H]2c3ccccc3CC[C@H]2OC(=O)c2ccc([N+](=O)[O-])cc2)c(CC)nc1Br. The lowest BCUT2D eigenvalue weighted by Crippen LogP contribution is -2.35. The molecule has 1 aliphatic carbocycles. The highest BCUT2D eigenvalue weighted by molar-refractivity contribution is 9.10. The molecule has 1 heterocycles. The van der Waals surface area contributed by atoms with Gasteiger partial charge in [0.1, 0.15) is 16.5 Å². The highest BCUT2D eigenvalue weighted by atomic mass is 79.9. The lowest BCUT2D eigenvalue weighted by atomic mass is 9.85. The number of ether oxygens (including phenoxy) is 1. The number of esters is 1. The molecule has 0 radical (unpaired) electrons. The van der Waals surface area contributed by atoms with Crippen molar-refractivity contribution in [2.24, 2.45) is 0 Å². The van der Waals surface area contributed by atoms with Crippen molar-refractivity contribution in [1.29, 1.82) is 0 Å². The molecule has 0 fully saturated rings. The zero-order chi connectivity index (χ0) is 24.2. The third kappa shape index (κ3) is 4.94. The maximum atomic E-state index is 12.9. The van der Waals surface area contributed by atoms with E-state index in [0.29, 0.717) is 18.7 Å². The summed E-state index contributed by atoms with van der Waals surface area (Å²) in [6, 6.07) is 13.2. The number of rotatable bonds is 7. The second-order valence-electron chi connectivity index (χ2n) is 8.07. The summed E-state index contributed by atoms with van der Waals surface area (Å²) in [7, 11) is 0. The van der Waals surface area contributed by atoms with Crippen LogP contribution in [0.5, 0.6) is 0 Å². The number of aryl methyl sites for hydroxylation is 3. The molecule has 0 bridgehead atoms. The molecule has 0 unspecified atom stereocenters. The predicted molar refractivity (Wildman–Crippen MR) is 132 cm³/mol. The maximum absolute atomic E-state index is 12.9. The molecule has 0 aliphatic heterocycles. The van der Waals surface area contributed by atoms with Crippen molar-refractivity contribution in [2.45, 2.75) is 51.7 Å². The quantitative estimate of drug-likeness (QED) is 0.243. The van der Waals surface area contributed by atoms with E-state index < -0.39 is 17.0 Å². The van der Waals surface area contributed by atoms with E-state index in [9.17, 15) is 14.9 Å². The number of hydrogen-bond donors (Lipinski definition) is 1. The molecule has 1 aromatic heterocycles. The number of halogens is 1. The van der Waals surface area contributed by atoms with Gasteiger partial charge in [-0.1, -0.05) is 38.1 Å². The monoisotopic (exact) mass is 524 g/mol. The van der Waals surface area contributed by atoms with Crippen LogP contribution in [0.4, 0.5) is 11.5 Å². The standard InChI is InChI=1S/C25H25BrN4O4/c1-3-19-23(26)27-20(4-2)24(28-19)29-22-18-8-6-5-7-15(18)11-14-21(22)34-25(31)16-9-12-17(13-10-16)30(32)33/h5-10,12-13,21-22H,3-4,11,14H2,1-2H3,(H,28,29)/t21-,22+/m1/s1. The van der Waals surface area contributed by atoms with Crippen molar-refractivity contribution in [2.75, 3.05) is 5.32 Å². The van der Waals surface area contributed by atoms with E-state index in [2.05, 4.69) is 32.3 Å². The number of nitrogens with one attached hydrogen (secondary N) is 1. The van der Waals surface area contributed by atoms with Crippen molar-refractivity contribution in [3.63, 3.8) is 0 Å². The van der Waals surface area contributed by atoms with Crippen LogP contribution in [0, 0.1) is 10.1 Å². The Labute approximate surface area is 206 Å². The highest BCUT2D eigenvalue weighted by Gasteiger charge is 2.33. The number of anilines is 1. The van der Waals surface area contributed by atoms with Crippen molar-refractivity contribution >= 4 is 33.4 Å². The number of aromatic nitrogens is 2. The smallest absolute Gasteiger partial charge is 0.338 e. The normalized spacial score (nSPS) is 17.0. The minimum atomic E-state index is -0.516. The van der Waals surface area contributed by atoms with Gasteiger partial charge in [0.05, 0.1) is 27.9 Å². The first-order chi connectivity index (χ1) is 16.4. The third-order valence-corrected chi connectivity index (χ3v) is 6.62. The molecule has 9 heteroatoms. The van der Waals surface area contributed by atoms with Crippen LogP contribution in [-0.4, -0.2) is 27.0 Å². The summed E-state index contributed by atoms with van der Waals surface area (Å²) >= 11 is 3.50. The Kier molecular flexibility index (Phi) is 7.21. The van der Waals surface area contributed by atoms with Crippen molar-refractivity contribution < 1.29 is 14.5 Å². The average Bonchev–Trinajstić information content (AvgIpc) is 2.85. The Morgan fingerprint density at radius 1 is 1.12 bits per heavy atom. The molecular formula is C25H25BrN4O4. The zero-order valence-electron chi connectivity index (χ0n) is 19.0. The van der Waals surface area contributed by atoms with Gasteiger partial charge in [0, 0.05) is 12.1 Å². The van der Waals surface area contributed by atoms with Crippen LogP contribution in [-0.2, 0) is 24.0 Å². The van der Waals surface area contributed by atoms with Gasteiger partial charge in [-0.15, -0.1) is 0 Å². The van der Waals surface area contributed by atoms with E-state index in [1.807, 2.05) is 32.0 Å². The van der Waals surface area contributed by atoms with Gasteiger partial charge in [-0.2, -0.15) is 0 Å².